The number of alkyl halides is 6. The molecule has 10 heteroatoms. The van der Waals surface area contributed by atoms with Crippen molar-refractivity contribution in [3.05, 3.63) is 0 Å². The second-order valence-electron chi connectivity index (χ2n) is 4.08. The third-order valence-electron chi connectivity index (χ3n) is 2.41. The van der Waals surface area contributed by atoms with Crippen molar-refractivity contribution in [2.45, 2.75) is 37.8 Å². The molecule has 0 aliphatic heterocycles. The minimum atomic E-state index is -5.62. The summed E-state index contributed by atoms with van der Waals surface area (Å²) in [5, 5.41) is 2.29. The highest BCUT2D eigenvalue weighted by atomic mass is 19.4. The van der Waals surface area contributed by atoms with Gasteiger partial charge < -0.3 is 14.8 Å². The number of rotatable bonds is 6. The fourth-order valence-electron chi connectivity index (χ4n) is 1.15. The van der Waals surface area contributed by atoms with Gasteiger partial charge in [-0.2, -0.15) is 26.3 Å². The Bertz CT molecular complexity index is 316. The van der Waals surface area contributed by atoms with E-state index in [9.17, 15) is 31.1 Å². The summed E-state index contributed by atoms with van der Waals surface area (Å²) in [5.74, 6) is -1.01. The van der Waals surface area contributed by atoms with E-state index in [1.165, 1.54) is 14.0 Å². The fraction of sp³-hybridized carbons (Fsp3) is 0.900. The summed E-state index contributed by atoms with van der Waals surface area (Å²) in [6, 6.07) is 0. The van der Waals surface area contributed by atoms with Crippen molar-refractivity contribution < 1.29 is 40.6 Å². The van der Waals surface area contributed by atoms with E-state index in [1.807, 2.05) is 0 Å². The molecule has 0 amide bonds. The van der Waals surface area contributed by atoms with Gasteiger partial charge in [-0.25, -0.2) is 4.79 Å². The molecule has 0 spiro atoms. The van der Waals surface area contributed by atoms with Crippen LogP contribution in [-0.4, -0.2) is 50.2 Å². The van der Waals surface area contributed by atoms with Crippen molar-refractivity contribution in [3.63, 3.8) is 0 Å². The average molecular weight is 311 g/mol. The Hall–Kier alpha value is -1.03. The number of carbonyl (C=O) groups excluding carboxylic acids is 1. The molecule has 1 unspecified atom stereocenters. The first-order valence-electron chi connectivity index (χ1n) is 5.49. The number of nitrogens with one attached hydrogen (secondary N) is 1. The Morgan fingerprint density at radius 1 is 1.15 bits per heavy atom. The molecule has 0 bridgehead atoms. The van der Waals surface area contributed by atoms with Crippen LogP contribution in [-0.2, 0) is 14.3 Å². The van der Waals surface area contributed by atoms with Crippen LogP contribution in [0.5, 0.6) is 0 Å². The zero-order valence-corrected chi connectivity index (χ0v) is 11.0. The summed E-state index contributed by atoms with van der Waals surface area (Å²) in [7, 11) is 1.19. The fourth-order valence-corrected chi connectivity index (χ4v) is 1.15. The lowest BCUT2D eigenvalue weighted by Gasteiger charge is -2.30. The Morgan fingerprint density at radius 3 is 1.90 bits per heavy atom. The average Bonchev–Trinajstić information content (AvgIpc) is 2.25. The van der Waals surface area contributed by atoms with Crippen molar-refractivity contribution in [2.24, 2.45) is 0 Å². The van der Waals surface area contributed by atoms with Gasteiger partial charge in [0.05, 0.1) is 13.2 Å². The first kappa shape index (κ1) is 19.0. The first-order valence-corrected chi connectivity index (χ1v) is 5.49. The van der Waals surface area contributed by atoms with E-state index < -0.39 is 36.6 Å². The topological polar surface area (TPSA) is 47.6 Å². The molecule has 120 valence electrons. The van der Waals surface area contributed by atoms with E-state index in [0.29, 0.717) is 0 Å². The lowest BCUT2D eigenvalue weighted by Crippen LogP contribution is -2.55. The Kier molecular flexibility index (Phi) is 6.27. The van der Waals surface area contributed by atoms with E-state index in [2.05, 4.69) is 14.8 Å². The van der Waals surface area contributed by atoms with Gasteiger partial charge in [0.1, 0.15) is 5.54 Å². The molecular weight excluding hydrogens is 296 g/mol. The van der Waals surface area contributed by atoms with E-state index in [0.717, 1.165) is 6.92 Å². The van der Waals surface area contributed by atoms with Gasteiger partial charge >= 0.3 is 18.3 Å². The van der Waals surface area contributed by atoms with Crippen LogP contribution in [0.2, 0.25) is 0 Å². The largest absolute Gasteiger partial charge is 0.465 e. The van der Waals surface area contributed by atoms with Gasteiger partial charge in [-0.1, -0.05) is 0 Å². The molecule has 20 heavy (non-hydrogen) atoms. The minimum Gasteiger partial charge on any atom is -0.465 e. The summed E-state index contributed by atoms with van der Waals surface area (Å²) in [6.45, 7) is 1.31. The van der Waals surface area contributed by atoms with Gasteiger partial charge in [0.2, 0.25) is 6.10 Å². The van der Waals surface area contributed by atoms with Crippen LogP contribution in [0.1, 0.15) is 13.8 Å². The van der Waals surface area contributed by atoms with Gasteiger partial charge in [0, 0.05) is 0 Å². The number of ether oxygens (including phenoxy) is 2. The van der Waals surface area contributed by atoms with Crippen molar-refractivity contribution >= 4 is 5.97 Å². The lowest BCUT2D eigenvalue weighted by molar-refractivity contribution is -0.324. The van der Waals surface area contributed by atoms with E-state index in [1.54, 1.807) is 0 Å². The molecule has 0 heterocycles. The van der Waals surface area contributed by atoms with Crippen molar-refractivity contribution in [3.8, 4) is 0 Å². The molecule has 0 rings (SSSR count). The van der Waals surface area contributed by atoms with Crippen molar-refractivity contribution in [1.29, 1.82) is 0 Å². The summed E-state index contributed by atoms with van der Waals surface area (Å²) >= 11 is 0. The number of hydrogen-bond acceptors (Lipinski definition) is 4. The molecule has 0 saturated carbocycles. The molecule has 0 saturated heterocycles. The third kappa shape index (κ3) is 5.16. The molecular formula is C10H15F6NO3. The number of likely N-dealkylation sites (N-methyl/N-ethyl adjacent to an activating group) is 1. The molecule has 0 aromatic heterocycles. The summed E-state index contributed by atoms with van der Waals surface area (Å²) < 4.78 is 82.0. The first-order chi connectivity index (χ1) is 8.88. The minimum absolute atomic E-state index is 0.0714. The molecule has 0 aliphatic carbocycles. The molecule has 0 radical (unpaired) electrons. The van der Waals surface area contributed by atoms with Crippen LogP contribution in [0.25, 0.3) is 0 Å². The summed E-state index contributed by atoms with van der Waals surface area (Å²) in [4.78, 5) is 11.5. The maximum absolute atomic E-state index is 12.3. The molecule has 0 aliphatic rings. The Labute approximate surface area is 111 Å². The maximum atomic E-state index is 12.3. The number of carbonyl (C=O) groups is 1. The summed E-state index contributed by atoms with van der Waals surface area (Å²) in [5.41, 5.74) is -1.81. The summed E-state index contributed by atoms with van der Waals surface area (Å²) in [6.07, 6.45) is -15.2. The smallest absolute Gasteiger partial charge is 0.423 e. The number of hydrogen-bond donors (Lipinski definition) is 1. The van der Waals surface area contributed by atoms with Crippen LogP contribution in [0.15, 0.2) is 0 Å². The quantitative estimate of drug-likeness (QED) is 0.602. The lowest BCUT2D eigenvalue weighted by atomic mass is 10.0. The van der Waals surface area contributed by atoms with Gasteiger partial charge in [-0.3, -0.25) is 0 Å². The third-order valence-corrected chi connectivity index (χ3v) is 2.41. The highest BCUT2D eigenvalue weighted by Crippen LogP contribution is 2.36. The van der Waals surface area contributed by atoms with Crippen molar-refractivity contribution in [1.82, 2.24) is 5.32 Å². The van der Waals surface area contributed by atoms with Crippen LogP contribution in [0.3, 0.4) is 0 Å². The monoisotopic (exact) mass is 311 g/mol. The second-order valence-corrected chi connectivity index (χ2v) is 4.08. The van der Waals surface area contributed by atoms with Gasteiger partial charge in [0.15, 0.2) is 0 Å². The SMILES string of the molecule is CCOC(=O)C(C)(COC(C(F)(F)F)C(F)(F)F)NC. The number of halogens is 6. The van der Waals surface area contributed by atoms with Crippen LogP contribution in [0.4, 0.5) is 26.3 Å². The Balaban J connectivity index is 4.96. The molecule has 0 fully saturated rings. The highest BCUT2D eigenvalue weighted by molar-refractivity contribution is 5.80. The zero-order valence-electron chi connectivity index (χ0n) is 11.0. The molecule has 1 atom stereocenters. The molecule has 0 aromatic rings. The van der Waals surface area contributed by atoms with E-state index >= 15 is 0 Å². The van der Waals surface area contributed by atoms with Gasteiger partial charge in [-0.15, -0.1) is 0 Å². The van der Waals surface area contributed by atoms with E-state index in [-0.39, 0.29) is 6.61 Å². The van der Waals surface area contributed by atoms with Crippen LogP contribution in [0, 0.1) is 0 Å². The second kappa shape index (κ2) is 6.61. The number of esters is 1. The normalized spacial score (nSPS) is 16.1. The van der Waals surface area contributed by atoms with Gasteiger partial charge in [0.25, 0.3) is 0 Å². The predicted molar refractivity (Wildman–Crippen MR) is 55.9 cm³/mol. The van der Waals surface area contributed by atoms with Crippen LogP contribution >= 0.6 is 0 Å². The molecule has 1 N–H and O–H groups in total. The molecule has 4 nitrogen and oxygen atoms in total. The molecule has 0 aromatic carbocycles. The predicted octanol–water partition coefficient (Wildman–Crippen LogP) is 2.04. The Morgan fingerprint density at radius 2 is 1.60 bits per heavy atom. The van der Waals surface area contributed by atoms with Gasteiger partial charge in [-0.05, 0) is 20.9 Å². The highest BCUT2D eigenvalue weighted by Gasteiger charge is 2.58. The maximum Gasteiger partial charge on any atom is 0.423 e. The van der Waals surface area contributed by atoms with Crippen LogP contribution < -0.4 is 5.32 Å². The van der Waals surface area contributed by atoms with E-state index in [4.69, 9.17) is 0 Å². The zero-order chi connectivity index (χ0) is 16.2. The van der Waals surface area contributed by atoms with Crippen molar-refractivity contribution in [2.75, 3.05) is 20.3 Å². The standard InChI is InChI=1S/C10H15F6NO3/c1-4-19-7(18)8(2,17-3)5-20-6(9(11,12)13)10(14,15)16/h6,17H,4-5H2,1-3H3.